The third kappa shape index (κ3) is 33.8. The van der Waals surface area contributed by atoms with Gasteiger partial charge in [-0.3, -0.25) is 0 Å². The minimum absolute atomic E-state index is 0. The molecule has 1 atom stereocenters. The number of carbonyl (C=O) groups is 1. The van der Waals surface area contributed by atoms with Crippen LogP contribution in [0.15, 0.2) is 0 Å². The molecule has 0 aliphatic rings. The Kier molecular flexibility index (Phi) is 40.2. The van der Waals surface area contributed by atoms with Gasteiger partial charge in [0.05, 0.1) is 0 Å². The number of nitrogens with zero attached hydrogens (tertiary/aromatic N) is 1. The molecule has 0 aliphatic heterocycles. The SMILES string of the molecule is CCCCCCCCCCCCCCCCN(CCCCCCCCCCCCCCCC)C(CC)CC(=O)[O-].[K+]. The summed E-state index contributed by atoms with van der Waals surface area (Å²) in [4.78, 5) is 13.8. The van der Waals surface area contributed by atoms with Crippen molar-refractivity contribution in [3.8, 4) is 0 Å². The summed E-state index contributed by atoms with van der Waals surface area (Å²) < 4.78 is 0. The average Bonchev–Trinajstić information content (AvgIpc) is 2.95. The van der Waals surface area contributed by atoms with E-state index in [1.165, 1.54) is 180 Å². The van der Waals surface area contributed by atoms with Gasteiger partial charge in [0.2, 0.25) is 0 Å². The molecule has 0 heterocycles. The number of carboxylic acid groups (broad SMARTS) is 1. The van der Waals surface area contributed by atoms with Gasteiger partial charge < -0.3 is 14.8 Å². The third-order valence-electron chi connectivity index (χ3n) is 8.99. The van der Waals surface area contributed by atoms with Gasteiger partial charge in [-0.2, -0.15) is 0 Å². The van der Waals surface area contributed by atoms with Crippen LogP contribution in [-0.4, -0.2) is 30.0 Å². The maximum Gasteiger partial charge on any atom is 1.00 e. The fourth-order valence-electron chi connectivity index (χ4n) is 6.22. The molecule has 0 aliphatic carbocycles. The van der Waals surface area contributed by atoms with Gasteiger partial charge >= 0.3 is 51.4 Å². The van der Waals surface area contributed by atoms with Crippen molar-refractivity contribution in [3.63, 3.8) is 0 Å². The molecule has 0 N–H and O–H groups in total. The van der Waals surface area contributed by atoms with Gasteiger partial charge in [-0.1, -0.05) is 188 Å². The molecule has 0 spiro atoms. The van der Waals surface area contributed by atoms with Crippen molar-refractivity contribution in [2.45, 2.75) is 219 Å². The molecule has 0 bridgehead atoms. The molecule has 0 rings (SSSR count). The number of unbranched alkanes of at least 4 members (excludes halogenated alkanes) is 26. The molecular weight excluding hydrogens is 530 g/mol. The Morgan fingerprint density at radius 3 is 0.927 bits per heavy atom. The molecule has 1 unspecified atom stereocenters. The van der Waals surface area contributed by atoms with E-state index in [-0.39, 0.29) is 63.8 Å². The first kappa shape index (κ1) is 44.2. The summed E-state index contributed by atoms with van der Waals surface area (Å²) in [5, 5.41) is 11.3. The summed E-state index contributed by atoms with van der Waals surface area (Å²) in [5.41, 5.74) is 0. The van der Waals surface area contributed by atoms with Gasteiger partial charge in [0.25, 0.3) is 0 Å². The van der Waals surface area contributed by atoms with E-state index in [1.54, 1.807) is 0 Å². The van der Waals surface area contributed by atoms with Crippen LogP contribution in [0.25, 0.3) is 0 Å². The molecule has 41 heavy (non-hydrogen) atoms. The molecule has 4 heteroatoms. The largest absolute Gasteiger partial charge is 1.00 e. The van der Waals surface area contributed by atoms with E-state index >= 15 is 0 Å². The number of aliphatic carboxylic acids is 1. The smallest absolute Gasteiger partial charge is 0.550 e. The van der Waals surface area contributed by atoms with Crippen LogP contribution in [0.5, 0.6) is 0 Å². The second kappa shape index (κ2) is 37.3. The number of hydrogen-bond donors (Lipinski definition) is 0. The minimum atomic E-state index is -0.890. The summed E-state index contributed by atoms with van der Waals surface area (Å²) >= 11 is 0. The Hall–Kier alpha value is 1.07. The molecule has 3 nitrogen and oxygen atoms in total. The molecule has 240 valence electrons. The fraction of sp³-hybridized carbons (Fsp3) is 0.973. The van der Waals surface area contributed by atoms with Crippen molar-refractivity contribution in [2.75, 3.05) is 13.1 Å². The van der Waals surface area contributed by atoms with Crippen LogP contribution in [0.2, 0.25) is 0 Å². The van der Waals surface area contributed by atoms with E-state index in [0.29, 0.717) is 0 Å². The number of carboxylic acids is 1. The summed E-state index contributed by atoms with van der Waals surface area (Å²) in [6.07, 6.45) is 39.8. The van der Waals surface area contributed by atoms with Gasteiger partial charge in [-0.05, 0) is 32.4 Å². The zero-order valence-corrected chi connectivity index (χ0v) is 32.1. The molecular formula is C37H74KNO2. The Morgan fingerprint density at radius 1 is 0.463 bits per heavy atom. The molecule has 0 saturated carbocycles. The summed E-state index contributed by atoms with van der Waals surface area (Å²) in [5.74, 6) is -0.890. The molecule has 0 aromatic rings. The Balaban J connectivity index is 0. The van der Waals surface area contributed by atoms with E-state index in [4.69, 9.17) is 0 Å². The topological polar surface area (TPSA) is 43.4 Å². The van der Waals surface area contributed by atoms with Crippen LogP contribution in [0.1, 0.15) is 213 Å². The van der Waals surface area contributed by atoms with Gasteiger partial charge in [-0.25, -0.2) is 0 Å². The number of hydrogen-bond acceptors (Lipinski definition) is 3. The second-order valence-corrected chi connectivity index (χ2v) is 12.9. The normalized spacial score (nSPS) is 12.1. The predicted molar refractivity (Wildman–Crippen MR) is 176 cm³/mol. The maximum atomic E-state index is 11.3. The first-order valence-corrected chi connectivity index (χ1v) is 18.6. The van der Waals surface area contributed by atoms with Crippen molar-refractivity contribution < 1.29 is 61.3 Å². The monoisotopic (exact) mass is 604 g/mol. The standard InChI is InChI=1S/C37H75NO2.K/c1-4-7-9-11-13-15-17-19-21-23-25-27-29-31-33-38(36(6-3)35-37(39)40)34-32-30-28-26-24-22-20-18-16-14-12-10-8-5-2;/h36H,4-35H2,1-3H3,(H,39,40);/q;+1/p-1. The number of rotatable bonds is 34. The zero-order valence-electron chi connectivity index (χ0n) is 29.0. The van der Waals surface area contributed by atoms with Crippen LogP contribution < -0.4 is 56.5 Å². The fourth-order valence-corrected chi connectivity index (χ4v) is 6.22. The predicted octanol–water partition coefficient (Wildman–Crippen LogP) is 8.17. The van der Waals surface area contributed by atoms with Crippen LogP contribution in [0.3, 0.4) is 0 Å². The molecule has 0 radical (unpaired) electrons. The first-order valence-electron chi connectivity index (χ1n) is 18.6. The van der Waals surface area contributed by atoms with Gasteiger partial charge in [0.1, 0.15) is 0 Å². The van der Waals surface area contributed by atoms with Crippen molar-refractivity contribution in [3.05, 3.63) is 0 Å². The molecule has 0 aromatic carbocycles. The Bertz CT molecular complexity index is 469. The average molecular weight is 604 g/mol. The summed E-state index contributed by atoms with van der Waals surface area (Å²) in [6, 6.07) is 0.147. The van der Waals surface area contributed by atoms with Crippen LogP contribution in [0, 0.1) is 0 Å². The first-order chi connectivity index (χ1) is 19.7. The minimum Gasteiger partial charge on any atom is -0.550 e. The van der Waals surface area contributed by atoms with Crippen molar-refractivity contribution in [2.24, 2.45) is 0 Å². The zero-order chi connectivity index (χ0) is 29.4. The van der Waals surface area contributed by atoms with Crippen molar-refractivity contribution >= 4 is 5.97 Å². The van der Waals surface area contributed by atoms with E-state index in [9.17, 15) is 9.90 Å². The molecule has 0 saturated heterocycles. The van der Waals surface area contributed by atoms with Crippen molar-refractivity contribution in [1.29, 1.82) is 0 Å². The van der Waals surface area contributed by atoms with Crippen molar-refractivity contribution in [1.82, 2.24) is 4.90 Å². The number of carbonyl (C=O) groups excluding carboxylic acids is 1. The molecule has 0 fully saturated rings. The van der Waals surface area contributed by atoms with Gasteiger partial charge in [0.15, 0.2) is 0 Å². The molecule has 0 amide bonds. The third-order valence-corrected chi connectivity index (χ3v) is 8.99. The van der Waals surface area contributed by atoms with Crippen LogP contribution in [0.4, 0.5) is 0 Å². The van der Waals surface area contributed by atoms with E-state index in [1.807, 2.05) is 0 Å². The quantitative estimate of drug-likeness (QED) is 0.0550. The van der Waals surface area contributed by atoms with E-state index < -0.39 is 5.97 Å². The van der Waals surface area contributed by atoms with Gasteiger partial charge in [-0.15, -0.1) is 0 Å². The Morgan fingerprint density at radius 2 is 0.707 bits per heavy atom. The maximum absolute atomic E-state index is 11.3. The van der Waals surface area contributed by atoms with E-state index in [0.717, 1.165) is 19.5 Å². The summed E-state index contributed by atoms with van der Waals surface area (Å²) in [7, 11) is 0. The van der Waals surface area contributed by atoms with Gasteiger partial charge in [0, 0.05) is 18.4 Å². The second-order valence-electron chi connectivity index (χ2n) is 12.9. The Labute approximate surface area is 302 Å². The van der Waals surface area contributed by atoms with Crippen LogP contribution in [-0.2, 0) is 4.79 Å². The van der Waals surface area contributed by atoms with Crippen LogP contribution >= 0.6 is 0 Å². The van der Waals surface area contributed by atoms with E-state index in [2.05, 4.69) is 25.7 Å². The summed E-state index contributed by atoms with van der Waals surface area (Å²) in [6.45, 7) is 8.83. The molecule has 0 aromatic heterocycles.